The molecule has 1 aromatic carbocycles. The Morgan fingerprint density at radius 1 is 1.50 bits per heavy atom. The summed E-state index contributed by atoms with van der Waals surface area (Å²) < 4.78 is 18.6. The Hall–Kier alpha value is -1.56. The number of hydrogen-bond donors (Lipinski definition) is 0. The SMILES string of the molecule is N#CC1CCCOc2c(F)cccc21. The number of rotatable bonds is 0. The van der Waals surface area contributed by atoms with E-state index in [4.69, 9.17) is 10.00 Å². The van der Waals surface area contributed by atoms with Crippen molar-refractivity contribution in [3.05, 3.63) is 29.6 Å². The van der Waals surface area contributed by atoms with E-state index in [9.17, 15) is 4.39 Å². The molecule has 0 spiro atoms. The largest absolute Gasteiger partial charge is 0.490 e. The van der Waals surface area contributed by atoms with Crippen LogP contribution in [0.2, 0.25) is 0 Å². The molecule has 3 heteroatoms. The zero-order valence-corrected chi connectivity index (χ0v) is 7.66. The third-order valence-corrected chi connectivity index (χ3v) is 2.41. The number of nitriles is 1. The van der Waals surface area contributed by atoms with Crippen molar-refractivity contribution in [3.8, 4) is 11.8 Å². The number of benzene rings is 1. The van der Waals surface area contributed by atoms with E-state index in [0.717, 1.165) is 12.8 Å². The summed E-state index contributed by atoms with van der Waals surface area (Å²) in [7, 11) is 0. The minimum Gasteiger partial charge on any atom is -0.490 e. The van der Waals surface area contributed by atoms with Crippen molar-refractivity contribution in [3.63, 3.8) is 0 Å². The molecule has 0 saturated heterocycles. The van der Waals surface area contributed by atoms with E-state index in [-0.39, 0.29) is 17.5 Å². The Balaban J connectivity index is 2.51. The highest BCUT2D eigenvalue weighted by molar-refractivity contribution is 5.40. The third-order valence-electron chi connectivity index (χ3n) is 2.41. The van der Waals surface area contributed by atoms with Gasteiger partial charge in [-0.25, -0.2) is 4.39 Å². The second kappa shape index (κ2) is 3.67. The van der Waals surface area contributed by atoms with Crippen LogP contribution in [0.4, 0.5) is 4.39 Å². The summed E-state index contributed by atoms with van der Waals surface area (Å²) in [6.45, 7) is 0.492. The van der Waals surface area contributed by atoms with Gasteiger partial charge in [-0.1, -0.05) is 12.1 Å². The molecular formula is C11H10FNO. The van der Waals surface area contributed by atoms with Gasteiger partial charge in [0.25, 0.3) is 0 Å². The molecule has 2 rings (SSSR count). The predicted molar refractivity (Wildman–Crippen MR) is 49.5 cm³/mol. The molecule has 1 heterocycles. The number of halogens is 1. The van der Waals surface area contributed by atoms with Crippen LogP contribution in [0.3, 0.4) is 0 Å². The lowest BCUT2D eigenvalue weighted by Gasteiger charge is -2.09. The lowest BCUT2D eigenvalue weighted by Crippen LogP contribution is -1.98. The molecule has 0 amide bonds. The number of para-hydroxylation sites is 1. The zero-order valence-electron chi connectivity index (χ0n) is 7.66. The maximum Gasteiger partial charge on any atom is 0.165 e. The van der Waals surface area contributed by atoms with Gasteiger partial charge >= 0.3 is 0 Å². The van der Waals surface area contributed by atoms with Gasteiger partial charge in [0.05, 0.1) is 18.6 Å². The molecule has 1 unspecified atom stereocenters. The van der Waals surface area contributed by atoms with Crippen molar-refractivity contribution in [1.29, 1.82) is 5.26 Å². The van der Waals surface area contributed by atoms with Gasteiger partial charge < -0.3 is 4.74 Å². The first kappa shape index (κ1) is 9.01. The zero-order chi connectivity index (χ0) is 9.97. The first-order valence-corrected chi connectivity index (χ1v) is 4.64. The van der Waals surface area contributed by atoms with Crippen LogP contribution in [-0.2, 0) is 0 Å². The van der Waals surface area contributed by atoms with Crippen molar-refractivity contribution in [1.82, 2.24) is 0 Å². The van der Waals surface area contributed by atoms with E-state index < -0.39 is 0 Å². The molecular weight excluding hydrogens is 181 g/mol. The van der Waals surface area contributed by atoms with Crippen LogP contribution in [-0.4, -0.2) is 6.61 Å². The molecule has 0 radical (unpaired) electrons. The highest BCUT2D eigenvalue weighted by Gasteiger charge is 2.21. The lowest BCUT2D eigenvalue weighted by molar-refractivity contribution is 0.301. The summed E-state index contributed by atoms with van der Waals surface area (Å²) in [4.78, 5) is 0. The molecule has 72 valence electrons. The summed E-state index contributed by atoms with van der Waals surface area (Å²) >= 11 is 0. The van der Waals surface area contributed by atoms with Crippen molar-refractivity contribution in [2.45, 2.75) is 18.8 Å². The van der Waals surface area contributed by atoms with Gasteiger partial charge in [-0.3, -0.25) is 0 Å². The molecule has 1 aliphatic rings. The van der Waals surface area contributed by atoms with Crippen LogP contribution >= 0.6 is 0 Å². The van der Waals surface area contributed by atoms with Gasteiger partial charge in [0, 0.05) is 5.56 Å². The Morgan fingerprint density at radius 2 is 2.36 bits per heavy atom. The minimum atomic E-state index is -0.371. The van der Waals surface area contributed by atoms with Crippen LogP contribution in [0.1, 0.15) is 24.3 Å². The molecule has 0 fully saturated rings. The maximum atomic E-state index is 13.3. The Morgan fingerprint density at radius 3 is 3.14 bits per heavy atom. The van der Waals surface area contributed by atoms with E-state index in [0.29, 0.717) is 12.2 Å². The average Bonchev–Trinajstić information content (AvgIpc) is 2.40. The fraction of sp³-hybridized carbons (Fsp3) is 0.364. The molecule has 1 atom stereocenters. The van der Waals surface area contributed by atoms with Crippen molar-refractivity contribution in [2.75, 3.05) is 6.61 Å². The Bertz CT molecular complexity index is 383. The van der Waals surface area contributed by atoms with E-state index in [1.165, 1.54) is 6.07 Å². The Kier molecular flexibility index (Phi) is 2.36. The third kappa shape index (κ3) is 1.44. The topological polar surface area (TPSA) is 33.0 Å². The second-order valence-electron chi connectivity index (χ2n) is 3.33. The van der Waals surface area contributed by atoms with E-state index >= 15 is 0 Å². The summed E-state index contributed by atoms with van der Waals surface area (Å²) in [5.74, 6) is -0.343. The number of ether oxygens (including phenoxy) is 1. The number of fused-ring (bicyclic) bond motifs is 1. The van der Waals surface area contributed by atoms with E-state index in [1.54, 1.807) is 12.1 Å². The summed E-state index contributed by atoms with van der Waals surface area (Å²) in [5, 5.41) is 8.93. The summed E-state index contributed by atoms with van der Waals surface area (Å²) in [6, 6.07) is 6.92. The predicted octanol–water partition coefficient (Wildman–Crippen LogP) is 2.61. The molecule has 2 nitrogen and oxygen atoms in total. The van der Waals surface area contributed by atoms with Crippen LogP contribution in [0.25, 0.3) is 0 Å². The van der Waals surface area contributed by atoms with Crippen LogP contribution < -0.4 is 4.74 Å². The molecule has 1 aliphatic heterocycles. The molecule has 0 aromatic heterocycles. The first-order chi connectivity index (χ1) is 6.83. The molecule has 1 aromatic rings. The first-order valence-electron chi connectivity index (χ1n) is 4.64. The molecule has 14 heavy (non-hydrogen) atoms. The fourth-order valence-electron chi connectivity index (χ4n) is 1.70. The highest BCUT2D eigenvalue weighted by Crippen LogP contribution is 2.34. The monoisotopic (exact) mass is 191 g/mol. The van der Waals surface area contributed by atoms with Crippen LogP contribution in [0.5, 0.6) is 5.75 Å². The smallest absolute Gasteiger partial charge is 0.165 e. The fourth-order valence-corrected chi connectivity index (χ4v) is 1.70. The lowest BCUT2D eigenvalue weighted by atomic mass is 9.96. The van der Waals surface area contributed by atoms with Gasteiger partial charge in [0.1, 0.15) is 0 Å². The van der Waals surface area contributed by atoms with Crippen molar-refractivity contribution >= 4 is 0 Å². The quantitative estimate of drug-likeness (QED) is 0.631. The normalized spacial score (nSPS) is 20.1. The summed E-state index contributed by atoms with van der Waals surface area (Å²) in [6.07, 6.45) is 1.54. The van der Waals surface area contributed by atoms with Gasteiger partial charge in [0.2, 0.25) is 0 Å². The van der Waals surface area contributed by atoms with Crippen LogP contribution in [0.15, 0.2) is 18.2 Å². The van der Waals surface area contributed by atoms with Crippen molar-refractivity contribution in [2.24, 2.45) is 0 Å². The second-order valence-corrected chi connectivity index (χ2v) is 3.33. The van der Waals surface area contributed by atoms with Gasteiger partial charge in [-0.05, 0) is 18.9 Å². The van der Waals surface area contributed by atoms with E-state index in [2.05, 4.69) is 6.07 Å². The standard InChI is InChI=1S/C11H10FNO/c12-10-5-1-4-9-8(7-13)3-2-6-14-11(9)10/h1,4-5,8H,2-3,6H2. The average molecular weight is 191 g/mol. The molecule has 0 bridgehead atoms. The van der Waals surface area contributed by atoms with Crippen molar-refractivity contribution < 1.29 is 9.13 Å². The molecule has 0 N–H and O–H groups in total. The maximum absolute atomic E-state index is 13.3. The molecule has 0 aliphatic carbocycles. The molecule has 0 saturated carbocycles. The van der Waals surface area contributed by atoms with E-state index in [1.807, 2.05) is 0 Å². The van der Waals surface area contributed by atoms with Crippen LogP contribution in [0, 0.1) is 17.1 Å². The number of hydrogen-bond acceptors (Lipinski definition) is 2. The Labute approximate surface area is 81.9 Å². The minimum absolute atomic E-state index is 0.233. The van der Waals surface area contributed by atoms with Gasteiger partial charge in [-0.2, -0.15) is 5.26 Å². The highest BCUT2D eigenvalue weighted by atomic mass is 19.1. The summed E-state index contributed by atoms with van der Waals surface area (Å²) in [5.41, 5.74) is 0.685. The number of nitrogens with zero attached hydrogens (tertiary/aromatic N) is 1. The van der Waals surface area contributed by atoms with Gasteiger partial charge in [0.15, 0.2) is 11.6 Å². The van der Waals surface area contributed by atoms with Gasteiger partial charge in [-0.15, -0.1) is 0 Å².